The van der Waals surface area contributed by atoms with Crippen molar-refractivity contribution in [1.82, 2.24) is 5.32 Å². The van der Waals surface area contributed by atoms with Gasteiger partial charge in [-0.15, -0.1) is 0 Å². The molecule has 0 saturated heterocycles. The fraction of sp³-hybridized carbons (Fsp3) is 0.273. The number of rotatable bonds is 5. The van der Waals surface area contributed by atoms with E-state index >= 15 is 0 Å². The van der Waals surface area contributed by atoms with Gasteiger partial charge in [-0.25, -0.2) is 16.8 Å². The predicted molar refractivity (Wildman–Crippen MR) is 69.5 cm³/mol. The first-order valence-electron chi connectivity index (χ1n) is 5.76. The van der Waals surface area contributed by atoms with Gasteiger partial charge >= 0.3 is 29.6 Å². The van der Waals surface area contributed by atoms with E-state index in [0.29, 0.717) is 0 Å². The van der Waals surface area contributed by atoms with E-state index in [4.69, 9.17) is 0 Å². The van der Waals surface area contributed by atoms with Crippen LogP contribution in [0.4, 0.5) is 0 Å². The number of benzene rings is 1. The number of fused-ring (bicyclic) bond motifs is 1. The molecule has 2 rings (SSSR count). The Kier molecular flexibility index (Phi) is 5.93. The second-order valence-corrected chi connectivity index (χ2v) is 8.06. The molecule has 0 atom stereocenters. The molecule has 0 aromatic heterocycles. The quantitative estimate of drug-likeness (QED) is 0.326. The third-order valence-electron chi connectivity index (χ3n) is 2.87. The van der Waals surface area contributed by atoms with Crippen molar-refractivity contribution in [2.45, 2.75) is 11.3 Å². The van der Waals surface area contributed by atoms with Gasteiger partial charge in [-0.2, -0.15) is 0 Å². The van der Waals surface area contributed by atoms with Crippen molar-refractivity contribution in [3.05, 3.63) is 29.3 Å². The predicted octanol–water partition coefficient (Wildman–Crippen LogP) is -3.72. The maximum Gasteiger partial charge on any atom is 1.00 e. The zero-order chi connectivity index (χ0) is 15.8. The van der Waals surface area contributed by atoms with Crippen molar-refractivity contribution in [2.75, 3.05) is 11.5 Å². The van der Waals surface area contributed by atoms with Crippen molar-refractivity contribution in [3.63, 3.8) is 0 Å². The van der Waals surface area contributed by atoms with E-state index < -0.39 is 43.3 Å². The minimum atomic E-state index is -4.48. The standard InChI is InChI=1S/C11H11NO7S2.Na/c13-10-8-3-2-7(6-9(8)11(14)12-10)20(15,16)4-1-5-21(17,18)19;/h2-3,6H,1,4-5H2,(H,12,13,14)(H,17,18,19);/q;+1/p-1. The first-order valence-corrected chi connectivity index (χ1v) is 8.99. The van der Waals surface area contributed by atoms with Crippen molar-refractivity contribution in [3.8, 4) is 0 Å². The monoisotopic (exact) mass is 355 g/mol. The van der Waals surface area contributed by atoms with E-state index in [2.05, 4.69) is 0 Å². The van der Waals surface area contributed by atoms with E-state index in [-0.39, 0.29) is 52.0 Å². The van der Waals surface area contributed by atoms with Crippen LogP contribution in [0.5, 0.6) is 0 Å². The Balaban J connectivity index is 0.00000242. The van der Waals surface area contributed by atoms with Gasteiger partial charge in [-0.3, -0.25) is 14.9 Å². The Morgan fingerprint density at radius 2 is 1.55 bits per heavy atom. The molecule has 1 aromatic rings. The molecule has 11 heteroatoms. The van der Waals surface area contributed by atoms with Crippen molar-refractivity contribution in [1.29, 1.82) is 0 Å². The largest absolute Gasteiger partial charge is 1.00 e. The van der Waals surface area contributed by atoms with Crippen LogP contribution < -0.4 is 34.9 Å². The minimum absolute atomic E-state index is 0. The number of nitrogens with one attached hydrogen (secondary N) is 1. The van der Waals surface area contributed by atoms with Gasteiger partial charge in [-0.05, 0) is 24.6 Å². The molecule has 1 aromatic carbocycles. The third-order valence-corrected chi connectivity index (χ3v) is 5.46. The Labute approximate surface area is 149 Å². The SMILES string of the molecule is O=C1NC(=O)c2cc(S(=O)(=O)CCCS(=O)(=O)[O-])ccc21.[Na+]. The molecule has 1 heterocycles. The molecule has 0 unspecified atom stereocenters. The number of sulfone groups is 1. The second-order valence-electron chi connectivity index (χ2n) is 4.42. The Morgan fingerprint density at radius 3 is 2.14 bits per heavy atom. The van der Waals surface area contributed by atoms with Crippen LogP contribution in [0.25, 0.3) is 0 Å². The summed E-state index contributed by atoms with van der Waals surface area (Å²) in [6.07, 6.45) is -0.337. The molecule has 1 aliphatic rings. The van der Waals surface area contributed by atoms with Gasteiger partial charge in [0.1, 0.15) is 0 Å². The molecule has 114 valence electrons. The van der Waals surface area contributed by atoms with Crippen molar-refractivity contribution in [2.24, 2.45) is 0 Å². The van der Waals surface area contributed by atoms with Crippen LogP contribution >= 0.6 is 0 Å². The van der Waals surface area contributed by atoms with E-state index in [1.807, 2.05) is 5.32 Å². The Bertz CT molecular complexity index is 830. The summed E-state index contributed by atoms with van der Waals surface area (Å²) >= 11 is 0. The van der Waals surface area contributed by atoms with Crippen LogP contribution in [0, 0.1) is 0 Å². The summed E-state index contributed by atoms with van der Waals surface area (Å²) in [4.78, 5) is 22.6. The molecule has 0 spiro atoms. The summed E-state index contributed by atoms with van der Waals surface area (Å²) in [6, 6.07) is 3.45. The zero-order valence-electron chi connectivity index (χ0n) is 11.5. The zero-order valence-corrected chi connectivity index (χ0v) is 15.2. The Hall–Kier alpha value is -0.780. The molecule has 0 radical (unpaired) electrons. The first kappa shape index (κ1) is 19.3. The van der Waals surface area contributed by atoms with Gasteiger partial charge in [0.25, 0.3) is 11.8 Å². The van der Waals surface area contributed by atoms with Gasteiger partial charge in [0, 0.05) is 5.75 Å². The number of imide groups is 1. The molecule has 0 bridgehead atoms. The average Bonchev–Trinajstić information content (AvgIpc) is 2.63. The number of hydrogen-bond donors (Lipinski definition) is 1. The maximum absolute atomic E-state index is 12.0. The van der Waals surface area contributed by atoms with Crippen molar-refractivity contribution < 1.29 is 60.5 Å². The number of carbonyl (C=O) groups excluding carboxylic acids is 2. The van der Waals surface area contributed by atoms with Crippen LogP contribution in [0.1, 0.15) is 27.1 Å². The summed E-state index contributed by atoms with van der Waals surface area (Å²) < 4.78 is 55.3. The van der Waals surface area contributed by atoms with E-state index in [1.165, 1.54) is 6.07 Å². The van der Waals surface area contributed by atoms with Crippen LogP contribution in [-0.2, 0) is 20.0 Å². The molecular formula is C11H10NNaO7S2. The molecule has 22 heavy (non-hydrogen) atoms. The van der Waals surface area contributed by atoms with E-state index in [1.54, 1.807) is 0 Å². The van der Waals surface area contributed by atoms with E-state index in [9.17, 15) is 31.0 Å². The van der Waals surface area contributed by atoms with E-state index in [0.717, 1.165) is 12.1 Å². The normalized spacial score (nSPS) is 14.2. The molecule has 0 fully saturated rings. The fourth-order valence-electron chi connectivity index (χ4n) is 1.88. The minimum Gasteiger partial charge on any atom is -0.748 e. The number of carbonyl (C=O) groups is 2. The average molecular weight is 355 g/mol. The smallest absolute Gasteiger partial charge is 0.748 e. The summed E-state index contributed by atoms with van der Waals surface area (Å²) in [5.41, 5.74) is 0.0404. The number of hydrogen-bond acceptors (Lipinski definition) is 7. The fourth-order valence-corrected chi connectivity index (χ4v) is 3.90. The molecular weight excluding hydrogens is 345 g/mol. The maximum atomic E-state index is 12.0. The third kappa shape index (κ3) is 4.37. The van der Waals surface area contributed by atoms with Crippen LogP contribution in [-0.4, -0.2) is 44.7 Å². The van der Waals surface area contributed by atoms with Crippen molar-refractivity contribution >= 4 is 31.8 Å². The van der Waals surface area contributed by atoms with Gasteiger partial charge < -0.3 is 4.55 Å². The first-order chi connectivity index (χ1) is 9.60. The molecule has 1 aliphatic heterocycles. The molecule has 1 N–H and O–H groups in total. The summed E-state index contributed by atoms with van der Waals surface area (Å²) in [5, 5.41) is 2.03. The summed E-state index contributed by atoms with van der Waals surface area (Å²) in [7, 11) is -8.32. The molecule has 0 saturated carbocycles. The van der Waals surface area contributed by atoms with Crippen LogP contribution in [0.2, 0.25) is 0 Å². The van der Waals surface area contributed by atoms with Crippen LogP contribution in [0.3, 0.4) is 0 Å². The number of amides is 2. The summed E-state index contributed by atoms with van der Waals surface area (Å²) in [5.74, 6) is -2.61. The topological polar surface area (TPSA) is 138 Å². The van der Waals surface area contributed by atoms with Gasteiger partial charge in [-0.1, -0.05) is 0 Å². The van der Waals surface area contributed by atoms with Crippen LogP contribution in [0.15, 0.2) is 23.1 Å². The van der Waals surface area contributed by atoms with Gasteiger partial charge in [0.05, 0.1) is 31.9 Å². The molecule has 8 nitrogen and oxygen atoms in total. The Morgan fingerprint density at radius 1 is 0.955 bits per heavy atom. The molecule has 0 aliphatic carbocycles. The second kappa shape index (κ2) is 6.77. The molecule has 2 amide bonds. The summed E-state index contributed by atoms with van der Waals surface area (Å²) in [6.45, 7) is 0. The van der Waals surface area contributed by atoms with Gasteiger partial charge in [0.2, 0.25) is 0 Å². The van der Waals surface area contributed by atoms with Gasteiger partial charge in [0.15, 0.2) is 9.84 Å².